The maximum atomic E-state index is 14.1. The number of hydrogen-bond acceptors (Lipinski definition) is 5. The summed E-state index contributed by atoms with van der Waals surface area (Å²) in [6.45, 7) is 3.42. The fourth-order valence-electron chi connectivity index (χ4n) is 4.39. The quantitative estimate of drug-likeness (QED) is 0.198. The Hall–Kier alpha value is -3.50. The summed E-state index contributed by atoms with van der Waals surface area (Å²) in [4.78, 5) is 41.2. The van der Waals surface area contributed by atoms with Crippen molar-refractivity contribution in [1.82, 2.24) is 10.2 Å². The predicted molar refractivity (Wildman–Crippen MR) is 165 cm³/mol. The van der Waals surface area contributed by atoms with Crippen molar-refractivity contribution in [3.05, 3.63) is 100 Å². The molecule has 0 heterocycles. The van der Waals surface area contributed by atoms with Gasteiger partial charge in [-0.3, -0.25) is 18.7 Å². The minimum atomic E-state index is -3.92. The third kappa shape index (κ3) is 9.54. The van der Waals surface area contributed by atoms with Crippen molar-refractivity contribution in [2.75, 3.05) is 23.7 Å². The average Bonchev–Trinajstić information content (AvgIpc) is 2.93. The lowest BCUT2D eigenvalue weighted by Gasteiger charge is -2.33. The molecule has 1 atom stereocenters. The third-order valence-corrected chi connectivity index (χ3v) is 8.20. The van der Waals surface area contributed by atoms with Crippen molar-refractivity contribution >= 4 is 49.2 Å². The second-order valence-corrected chi connectivity index (χ2v) is 12.7. The van der Waals surface area contributed by atoms with Crippen LogP contribution in [0.5, 0.6) is 0 Å². The zero-order valence-corrected chi connectivity index (χ0v) is 25.9. The van der Waals surface area contributed by atoms with E-state index in [1.54, 1.807) is 18.2 Å². The summed E-state index contributed by atoms with van der Waals surface area (Å²) in [6, 6.07) is 22.1. The Kier molecular flexibility index (Phi) is 11.7. The van der Waals surface area contributed by atoms with Crippen LogP contribution in [0.15, 0.2) is 83.3 Å². The number of Topliss-reactive ketones (excluding diaryl/α,β-unsaturated/α-hetero) is 1. The predicted octanol–water partition coefficient (Wildman–Crippen LogP) is 4.97. The number of hydrogen-bond donors (Lipinski definition) is 1. The Bertz CT molecular complexity index is 1460. The second-order valence-electron chi connectivity index (χ2n) is 9.88. The molecule has 41 heavy (non-hydrogen) atoms. The molecule has 218 valence electrons. The van der Waals surface area contributed by atoms with Gasteiger partial charge in [0.15, 0.2) is 5.78 Å². The van der Waals surface area contributed by atoms with Crippen molar-refractivity contribution in [2.45, 2.75) is 45.7 Å². The number of anilines is 1. The highest BCUT2D eigenvalue weighted by molar-refractivity contribution is 9.10. The van der Waals surface area contributed by atoms with E-state index in [9.17, 15) is 22.8 Å². The van der Waals surface area contributed by atoms with Crippen molar-refractivity contribution in [1.29, 1.82) is 0 Å². The number of sulfonamides is 1. The van der Waals surface area contributed by atoms with Crippen LogP contribution in [-0.2, 0) is 32.6 Å². The van der Waals surface area contributed by atoms with Crippen LogP contribution in [0.1, 0.15) is 48.2 Å². The Morgan fingerprint density at radius 3 is 2.24 bits per heavy atom. The highest BCUT2D eigenvalue weighted by Crippen LogP contribution is 2.22. The first-order valence-electron chi connectivity index (χ1n) is 13.4. The molecule has 3 rings (SSSR count). The molecule has 3 aromatic carbocycles. The first-order chi connectivity index (χ1) is 19.5. The van der Waals surface area contributed by atoms with E-state index in [-0.39, 0.29) is 30.3 Å². The number of halogens is 1. The molecule has 0 aromatic heterocycles. The van der Waals surface area contributed by atoms with Gasteiger partial charge in [-0.1, -0.05) is 83.9 Å². The van der Waals surface area contributed by atoms with Crippen LogP contribution in [0.3, 0.4) is 0 Å². The number of unbranched alkanes of at least 4 members (excludes halogenated alkanes) is 1. The van der Waals surface area contributed by atoms with Crippen LogP contribution in [0, 0.1) is 0 Å². The standard InChI is InChI=1S/C31H36BrN3O5S/c1-4-5-17-33-31(38)29(19-24-11-7-6-8-12-24)34(21-25-13-9-15-27(32)18-25)30(37)22-35(41(3,39)40)28-16-10-14-26(20-28)23(2)36/h6-16,18,20,29H,4-5,17,19,21-22H2,1-3H3,(H,33,38)/t29-/m0/s1. The maximum absolute atomic E-state index is 14.1. The molecule has 1 N–H and O–H groups in total. The minimum absolute atomic E-state index is 0.0854. The van der Waals surface area contributed by atoms with Crippen molar-refractivity contribution in [3.63, 3.8) is 0 Å². The highest BCUT2D eigenvalue weighted by atomic mass is 79.9. The SMILES string of the molecule is CCCCNC(=O)[C@H](Cc1ccccc1)N(Cc1cccc(Br)c1)C(=O)CN(c1cccc(C(C)=O)c1)S(C)(=O)=O. The third-order valence-electron chi connectivity index (χ3n) is 6.56. The lowest BCUT2D eigenvalue weighted by molar-refractivity contribution is -0.140. The van der Waals surface area contributed by atoms with E-state index in [0.29, 0.717) is 12.1 Å². The van der Waals surface area contributed by atoms with Crippen LogP contribution in [0.25, 0.3) is 0 Å². The molecule has 8 nitrogen and oxygen atoms in total. The smallest absolute Gasteiger partial charge is 0.244 e. The average molecular weight is 643 g/mol. The van der Waals surface area contributed by atoms with Gasteiger partial charge in [0.2, 0.25) is 21.8 Å². The van der Waals surface area contributed by atoms with Gasteiger partial charge in [0.05, 0.1) is 11.9 Å². The van der Waals surface area contributed by atoms with Crippen LogP contribution in [0.4, 0.5) is 5.69 Å². The van der Waals surface area contributed by atoms with Gasteiger partial charge in [0.1, 0.15) is 12.6 Å². The zero-order valence-electron chi connectivity index (χ0n) is 23.5. The molecule has 2 amide bonds. The number of amides is 2. The normalized spacial score (nSPS) is 11.9. The molecule has 0 aliphatic carbocycles. The summed E-state index contributed by atoms with van der Waals surface area (Å²) in [5, 5.41) is 2.96. The molecular weight excluding hydrogens is 606 g/mol. The molecular formula is C31H36BrN3O5S. The Morgan fingerprint density at radius 1 is 0.927 bits per heavy atom. The molecule has 10 heteroatoms. The topological polar surface area (TPSA) is 104 Å². The van der Waals surface area contributed by atoms with Gasteiger partial charge < -0.3 is 10.2 Å². The fraction of sp³-hybridized carbons (Fsp3) is 0.323. The van der Waals surface area contributed by atoms with Crippen LogP contribution >= 0.6 is 15.9 Å². The summed E-state index contributed by atoms with van der Waals surface area (Å²) >= 11 is 3.47. The lowest BCUT2D eigenvalue weighted by atomic mass is 10.0. The molecule has 3 aromatic rings. The van der Waals surface area contributed by atoms with Gasteiger partial charge in [0, 0.05) is 29.5 Å². The van der Waals surface area contributed by atoms with Crippen molar-refractivity contribution in [2.24, 2.45) is 0 Å². The van der Waals surface area contributed by atoms with Crippen LogP contribution < -0.4 is 9.62 Å². The molecule has 0 radical (unpaired) electrons. The Labute approximate surface area is 250 Å². The zero-order chi connectivity index (χ0) is 30.0. The number of carbonyl (C=O) groups is 3. The summed E-state index contributed by atoms with van der Waals surface area (Å²) < 4.78 is 27.6. The van der Waals surface area contributed by atoms with E-state index in [1.807, 2.05) is 61.5 Å². The van der Waals surface area contributed by atoms with Gasteiger partial charge >= 0.3 is 0 Å². The number of benzene rings is 3. The van der Waals surface area contributed by atoms with E-state index in [2.05, 4.69) is 21.2 Å². The van der Waals surface area contributed by atoms with E-state index in [4.69, 9.17) is 0 Å². The van der Waals surface area contributed by atoms with Crippen LogP contribution in [0.2, 0.25) is 0 Å². The van der Waals surface area contributed by atoms with Crippen molar-refractivity contribution < 1.29 is 22.8 Å². The molecule has 0 saturated heterocycles. The van der Waals surface area contributed by atoms with Gasteiger partial charge in [-0.2, -0.15) is 0 Å². The molecule has 0 unspecified atom stereocenters. The lowest BCUT2D eigenvalue weighted by Crippen LogP contribution is -2.53. The van der Waals surface area contributed by atoms with Gasteiger partial charge in [-0.05, 0) is 48.7 Å². The van der Waals surface area contributed by atoms with Crippen molar-refractivity contribution in [3.8, 4) is 0 Å². The number of carbonyl (C=O) groups excluding carboxylic acids is 3. The molecule has 0 spiro atoms. The fourth-order valence-corrected chi connectivity index (χ4v) is 5.67. The first-order valence-corrected chi connectivity index (χ1v) is 16.1. The number of nitrogens with zero attached hydrogens (tertiary/aromatic N) is 2. The summed E-state index contributed by atoms with van der Waals surface area (Å²) in [5.74, 6) is -1.08. The second kappa shape index (κ2) is 14.9. The van der Waals surface area contributed by atoms with E-state index in [0.717, 1.165) is 39.0 Å². The summed E-state index contributed by atoms with van der Waals surface area (Å²) in [6.07, 6.45) is 2.94. The van der Waals surface area contributed by atoms with Gasteiger partial charge in [-0.15, -0.1) is 0 Å². The van der Waals surface area contributed by atoms with Gasteiger partial charge in [-0.25, -0.2) is 8.42 Å². The number of nitrogens with one attached hydrogen (secondary N) is 1. The van der Waals surface area contributed by atoms with Gasteiger partial charge in [0.25, 0.3) is 0 Å². The van der Waals surface area contributed by atoms with Crippen LogP contribution in [-0.4, -0.2) is 56.3 Å². The molecule has 0 fully saturated rings. The monoisotopic (exact) mass is 641 g/mol. The molecule has 0 saturated carbocycles. The Balaban J connectivity index is 2.05. The number of ketones is 1. The minimum Gasteiger partial charge on any atom is -0.354 e. The molecule has 0 aliphatic heterocycles. The van der Waals surface area contributed by atoms with E-state index in [1.165, 1.54) is 17.9 Å². The van der Waals surface area contributed by atoms with E-state index >= 15 is 0 Å². The number of rotatable bonds is 14. The summed E-state index contributed by atoms with van der Waals surface area (Å²) in [7, 11) is -3.92. The summed E-state index contributed by atoms with van der Waals surface area (Å²) in [5.41, 5.74) is 2.16. The Morgan fingerprint density at radius 2 is 1.61 bits per heavy atom. The molecule has 0 bridgehead atoms. The largest absolute Gasteiger partial charge is 0.354 e. The molecule has 0 aliphatic rings. The highest BCUT2D eigenvalue weighted by Gasteiger charge is 2.33. The first kappa shape index (κ1) is 32.0. The van der Waals surface area contributed by atoms with E-state index < -0.39 is 28.5 Å². The maximum Gasteiger partial charge on any atom is 0.244 e.